The fourth-order valence-electron chi connectivity index (χ4n) is 3.08. The molecule has 0 aromatic heterocycles. The van der Waals surface area contributed by atoms with Crippen LogP contribution >= 0.6 is 0 Å². The lowest BCUT2D eigenvalue weighted by Crippen LogP contribution is -2.39. The fraction of sp³-hybridized carbons (Fsp3) is 0.625. The van der Waals surface area contributed by atoms with Gasteiger partial charge in [0.05, 0.1) is 14.2 Å². The van der Waals surface area contributed by atoms with Crippen molar-refractivity contribution in [3.8, 4) is 11.5 Å². The Balaban J connectivity index is 2.48. The molecular weight excluding hydrogens is 238 g/mol. The minimum Gasteiger partial charge on any atom is -0.496 e. The molecule has 0 aliphatic heterocycles. The van der Waals surface area contributed by atoms with Gasteiger partial charge < -0.3 is 15.2 Å². The van der Waals surface area contributed by atoms with E-state index < -0.39 is 0 Å². The van der Waals surface area contributed by atoms with Gasteiger partial charge in [0.1, 0.15) is 11.5 Å². The highest BCUT2D eigenvalue weighted by Gasteiger charge is 2.33. The minimum atomic E-state index is -0.261. The van der Waals surface area contributed by atoms with Crippen LogP contribution in [0.5, 0.6) is 11.5 Å². The number of aryl methyl sites for hydroxylation is 1. The molecule has 3 heteroatoms. The summed E-state index contributed by atoms with van der Waals surface area (Å²) in [6, 6.07) is 4.17. The molecule has 106 valence electrons. The van der Waals surface area contributed by atoms with Gasteiger partial charge in [0.2, 0.25) is 0 Å². The van der Waals surface area contributed by atoms with Crippen LogP contribution in [0.2, 0.25) is 0 Å². The maximum absolute atomic E-state index is 6.64. The Kier molecular flexibility index (Phi) is 4.35. The molecule has 1 fully saturated rings. The van der Waals surface area contributed by atoms with Crippen LogP contribution in [0.25, 0.3) is 0 Å². The molecule has 3 nitrogen and oxygen atoms in total. The number of hydrogen-bond acceptors (Lipinski definition) is 3. The van der Waals surface area contributed by atoms with E-state index in [0.29, 0.717) is 0 Å². The topological polar surface area (TPSA) is 44.5 Å². The van der Waals surface area contributed by atoms with E-state index in [1.807, 2.05) is 0 Å². The molecule has 1 aliphatic rings. The molecular formula is C16H25NO2. The molecule has 1 aromatic rings. The lowest BCUT2D eigenvalue weighted by Gasteiger charge is -2.35. The van der Waals surface area contributed by atoms with Crippen LogP contribution < -0.4 is 15.2 Å². The number of rotatable bonds is 4. The molecule has 19 heavy (non-hydrogen) atoms. The van der Waals surface area contributed by atoms with E-state index >= 15 is 0 Å². The summed E-state index contributed by atoms with van der Waals surface area (Å²) < 4.78 is 11.1. The van der Waals surface area contributed by atoms with Gasteiger partial charge in [-0.3, -0.25) is 0 Å². The molecule has 0 atom stereocenters. The molecule has 2 rings (SSSR count). The zero-order chi connectivity index (χ0) is 13.9. The van der Waals surface area contributed by atoms with Gasteiger partial charge >= 0.3 is 0 Å². The highest BCUT2D eigenvalue weighted by atomic mass is 16.5. The predicted molar refractivity (Wildman–Crippen MR) is 77.9 cm³/mol. The van der Waals surface area contributed by atoms with Crippen LogP contribution in [0, 0.1) is 0 Å². The first-order valence-electron chi connectivity index (χ1n) is 7.19. The lowest BCUT2D eigenvalue weighted by molar-refractivity contribution is 0.287. The van der Waals surface area contributed by atoms with E-state index in [9.17, 15) is 0 Å². The molecule has 0 radical (unpaired) electrons. The lowest BCUT2D eigenvalue weighted by atomic mass is 9.76. The maximum Gasteiger partial charge on any atom is 0.124 e. The van der Waals surface area contributed by atoms with E-state index in [4.69, 9.17) is 15.2 Å². The number of nitrogens with two attached hydrogens (primary N) is 1. The normalized spacial score (nSPS) is 18.1. The molecule has 2 N–H and O–H groups in total. The van der Waals surface area contributed by atoms with Gasteiger partial charge in [0, 0.05) is 11.1 Å². The summed E-state index contributed by atoms with van der Waals surface area (Å²) in [6.45, 7) is 2.12. The van der Waals surface area contributed by atoms with E-state index in [-0.39, 0.29) is 5.54 Å². The quantitative estimate of drug-likeness (QED) is 0.905. The van der Waals surface area contributed by atoms with Crippen LogP contribution in [-0.4, -0.2) is 14.2 Å². The maximum atomic E-state index is 6.64. The molecule has 0 heterocycles. The highest BCUT2D eigenvalue weighted by Crippen LogP contribution is 2.42. The van der Waals surface area contributed by atoms with E-state index in [2.05, 4.69) is 19.1 Å². The summed E-state index contributed by atoms with van der Waals surface area (Å²) in [5.41, 5.74) is 8.65. The number of hydrogen-bond donors (Lipinski definition) is 1. The van der Waals surface area contributed by atoms with Gasteiger partial charge in [-0.1, -0.05) is 26.2 Å². The molecule has 0 bridgehead atoms. The number of benzene rings is 1. The average molecular weight is 263 g/mol. The van der Waals surface area contributed by atoms with Crippen LogP contribution in [0.15, 0.2) is 12.1 Å². The summed E-state index contributed by atoms with van der Waals surface area (Å²) in [4.78, 5) is 0. The van der Waals surface area contributed by atoms with Crippen molar-refractivity contribution in [2.45, 2.75) is 51.0 Å². The number of ether oxygens (including phenoxy) is 2. The molecule has 1 aromatic carbocycles. The van der Waals surface area contributed by atoms with Crippen molar-refractivity contribution in [2.24, 2.45) is 5.73 Å². The molecule has 0 amide bonds. The zero-order valence-electron chi connectivity index (χ0n) is 12.3. The average Bonchev–Trinajstić information content (AvgIpc) is 2.46. The zero-order valence-corrected chi connectivity index (χ0v) is 12.3. The molecule has 0 spiro atoms. The fourth-order valence-corrected chi connectivity index (χ4v) is 3.08. The Morgan fingerprint density at radius 2 is 1.68 bits per heavy atom. The third-order valence-corrected chi connectivity index (χ3v) is 4.27. The Hall–Kier alpha value is -1.22. The third kappa shape index (κ3) is 2.71. The van der Waals surface area contributed by atoms with Gasteiger partial charge in [-0.15, -0.1) is 0 Å². The summed E-state index contributed by atoms with van der Waals surface area (Å²) in [5.74, 6) is 1.83. The SMILES string of the molecule is CCc1cc(OC)c(C2(N)CCCCC2)cc1OC. The van der Waals surface area contributed by atoms with E-state index in [1.165, 1.54) is 24.8 Å². The Bertz CT molecular complexity index is 437. The molecule has 0 unspecified atom stereocenters. The first kappa shape index (κ1) is 14.2. The van der Waals surface area contributed by atoms with Crippen molar-refractivity contribution in [1.29, 1.82) is 0 Å². The summed E-state index contributed by atoms with van der Waals surface area (Å²) >= 11 is 0. The van der Waals surface area contributed by atoms with E-state index in [0.717, 1.165) is 36.3 Å². The minimum absolute atomic E-state index is 0.261. The van der Waals surface area contributed by atoms with Crippen LogP contribution in [0.1, 0.15) is 50.2 Å². The Morgan fingerprint density at radius 3 is 2.21 bits per heavy atom. The largest absolute Gasteiger partial charge is 0.496 e. The molecule has 1 saturated carbocycles. The summed E-state index contributed by atoms with van der Waals surface area (Å²) in [5, 5.41) is 0. The van der Waals surface area contributed by atoms with Gasteiger partial charge in [-0.25, -0.2) is 0 Å². The molecule has 1 aliphatic carbocycles. The Morgan fingerprint density at radius 1 is 1.05 bits per heavy atom. The van der Waals surface area contributed by atoms with Crippen LogP contribution in [0.4, 0.5) is 0 Å². The first-order valence-corrected chi connectivity index (χ1v) is 7.19. The standard InChI is InChI=1S/C16H25NO2/c1-4-12-10-15(19-3)13(11-14(12)18-2)16(17)8-6-5-7-9-16/h10-11H,4-9,17H2,1-3H3. The summed E-state index contributed by atoms with van der Waals surface area (Å²) in [7, 11) is 3.44. The van der Waals surface area contributed by atoms with E-state index in [1.54, 1.807) is 14.2 Å². The van der Waals surface area contributed by atoms with Crippen LogP contribution in [-0.2, 0) is 12.0 Å². The van der Waals surface area contributed by atoms with Crippen LogP contribution in [0.3, 0.4) is 0 Å². The van der Waals surface area contributed by atoms with Crippen molar-refractivity contribution in [2.75, 3.05) is 14.2 Å². The first-order chi connectivity index (χ1) is 9.14. The van der Waals surface area contributed by atoms with Crippen molar-refractivity contribution in [3.05, 3.63) is 23.3 Å². The smallest absolute Gasteiger partial charge is 0.124 e. The van der Waals surface area contributed by atoms with Gasteiger partial charge in [-0.05, 0) is 37.0 Å². The van der Waals surface area contributed by atoms with Gasteiger partial charge in [0.15, 0.2) is 0 Å². The number of methoxy groups -OCH3 is 2. The summed E-state index contributed by atoms with van der Waals surface area (Å²) in [6.07, 6.45) is 6.65. The second-order valence-corrected chi connectivity index (χ2v) is 5.43. The second-order valence-electron chi connectivity index (χ2n) is 5.43. The predicted octanol–water partition coefficient (Wildman–Crippen LogP) is 3.38. The van der Waals surface area contributed by atoms with Crippen molar-refractivity contribution < 1.29 is 9.47 Å². The van der Waals surface area contributed by atoms with Gasteiger partial charge in [-0.2, -0.15) is 0 Å². The van der Waals surface area contributed by atoms with Crippen molar-refractivity contribution in [3.63, 3.8) is 0 Å². The highest BCUT2D eigenvalue weighted by molar-refractivity contribution is 5.49. The van der Waals surface area contributed by atoms with Crippen molar-refractivity contribution in [1.82, 2.24) is 0 Å². The monoisotopic (exact) mass is 263 g/mol. The second kappa shape index (κ2) is 5.83. The third-order valence-electron chi connectivity index (χ3n) is 4.27. The molecule has 0 saturated heterocycles. The van der Waals surface area contributed by atoms with Gasteiger partial charge in [0.25, 0.3) is 0 Å². The Labute approximate surface area is 116 Å². The van der Waals surface area contributed by atoms with Crippen molar-refractivity contribution >= 4 is 0 Å².